The first kappa shape index (κ1) is 24.6. The number of epoxide rings is 1. The summed E-state index contributed by atoms with van der Waals surface area (Å²) in [6.45, 7) is 11.3. The number of hydrogen-bond donors (Lipinski definition) is 2. The second-order valence-corrected chi connectivity index (χ2v) is 9.91. The highest BCUT2D eigenvalue weighted by atomic mass is 16.6. The minimum Gasteiger partial charge on any atom is -0.452 e. The standard InChI is InChI=1S/C25H38O5/c1-18(2)16-22(27)29-20-11-15-24(5,13-7-12-23(3,4)28)14-10-19(17-26)8-9-21-25(20,6)30-21/h7,10-12,15-16,20-21,26,28H,8-9,13-14,17H2,1-6H3/b12-7+,15-11+,19-10-/t20-,21+,24-,25+/m1/s1. The fraction of sp³-hybridized carbons (Fsp3) is 0.640. The number of rotatable bonds is 6. The second-order valence-electron chi connectivity index (χ2n) is 9.91. The van der Waals surface area contributed by atoms with Gasteiger partial charge in [0.05, 0.1) is 18.3 Å². The molecule has 0 aromatic heterocycles. The molecular formula is C25H38O5. The van der Waals surface area contributed by atoms with Crippen LogP contribution in [-0.2, 0) is 14.3 Å². The van der Waals surface area contributed by atoms with E-state index in [9.17, 15) is 15.0 Å². The Morgan fingerprint density at radius 2 is 2.07 bits per heavy atom. The van der Waals surface area contributed by atoms with Gasteiger partial charge in [0.2, 0.25) is 0 Å². The Labute approximate surface area is 181 Å². The molecule has 0 aromatic rings. The van der Waals surface area contributed by atoms with Gasteiger partial charge in [-0.05, 0) is 77.4 Å². The van der Waals surface area contributed by atoms with E-state index < -0.39 is 17.3 Å². The van der Waals surface area contributed by atoms with Crippen LogP contribution in [0.4, 0.5) is 0 Å². The summed E-state index contributed by atoms with van der Waals surface area (Å²) in [6, 6.07) is 0. The summed E-state index contributed by atoms with van der Waals surface area (Å²) in [6.07, 6.45) is 13.9. The highest BCUT2D eigenvalue weighted by Crippen LogP contribution is 2.45. The number of aliphatic hydroxyl groups is 2. The number of fused-ring (bicyclic) bond motifs is 1. The number of carbonyl (C=O) groups is 1. The third kappa shape index (κ3) is 7.22. The Balaban J connectivity index is 2.32. The lowest BCUT2D eigenvalue weighted by Crippen LogP contribution is -2.32. The smallest absolute Gasteiger partial charge is 0.331 e. The average Bonchev–Trinajstić information content (AvgIpc) is 3.28. The van der Waals surface area contributed by atoms with Gasteiger partial charge in [-0.3, -0.25) is 0 Å². The van der Waals surface area contributed by atoms with Crippen LogP contribution in [0.15, 0.2) is 47.6 Å². The molecule has 30 heavy (non-hydrogen) atoms. The van der Waals surface area contributed by atoms with Crippen molar-refractivity contribution in [2.75, 3.05) is 6.61 Å². The molecule has 0 bridgehead atoms. The lowest BCUT2D eigenvalue weighted by molar-refractivity contribution is -0.143. The zero-order chi connectivity index (χ0) is 22.6. The van der Waals surface area contributed by atoms with Gasteiger partial charge in [-0.1, -0.05) is 36.8 Å². The molecular weight excluding hydrogens is 380 g/mol. The maximum absolute atomic E-state index is 12.3. The van der Waals surface area contributed by atoms with Gasteiger partial charge >= 0.3 is 5.97 Å². The summed E-state index contributed by atoms with van der Waals surface area (Å²) in [5.41, 5.74) is 0.200. The van der Waals surface area contributed by atoms with Crippen LogP contribution in [0.2, 0.25) is 0 Å². The summed E-state index contributed by atoms with van der Waals surface area (Å²) >= 11 is 0. The van der Waals surface area contributed by atoms with Gasteiger partial charge < -0.3 is 19.7 Å². The normalized spacial score (nSPS) is 34.9. The molecule has 1 saturated heterocycles. The summed E-state index contributed by atoms with van der Waals surface area (Å²) < 4.78 is 11.8. The SMILES string of the molecule is CC(C)=CC(=O)O[C@@H]1/C=C/[C@](C)(C/C=C/C(C)(C)O)C/C=C(\CO)CC[C@@H]2O[C@]21C. The van der Waals surface area contributed by atoms with Crippen molar-refractivity contribution < 1.29 is 24.5 Å². The van der Waals surface area contributed by atoms with Crippen LogP contribution in [0.5, 0.6) is 0 Å². The van der Waals surface area contributed by atoms with Crippen molar-refractivity contribution in [2.45, 2.75) is 90.6 Å². The van der Waals surface area contributed by atoms with Crippen LogP contribution in [0, 0.1) is 5.41 Å². The Morgan fingerprint density at radius 3 is 2.67 bits per heavy atom. The van der Waals surface area contributed by atoms with Gasteiger partial charge in [0.15, 0.2) is 6.10 Å². The molecule has 5 nitrogen and oxygen atoms in total. The first-order valence-electron chi connectivity index (χ1n) is 10.8. The average molecular weight is 419 g/mol. The molecule has 1 aliphatic carbocycles. The van der Waals surface area contributed by atoms with Crippen molar-refractivity contribution in [1.29, 1.82) is 0 Å². The maximum Gasteiger partial charge on any atom is 0.331 e. The molecule has 5 heteroatoms. The topological polar surface area (TPSA) is 79.3 Å². The minimum atomic E-state index is -0.870. The first-order valence-corrected chi connectivity index (χ1v) is 10.8. The molecule has 0 spiro atoms. The number of hydrogen-bond acceptors (Lipinski definition) is 5. The van der Waals surface area contributed by atoms with Crippen molar-refractivity contribution in [2.24, 2.45) is 5.41 Å². The number of carbonyl (C=O) groups excluding carboxylic acids is 1. The van der Waals surface area contributed by atoms with E-state index >= 15 is 0 Å². The maximum atomic E-state index is 12.3. The number of ether oxygens (including phenoxy) is 2. The molecule has 1 aliphatic heterocycles. The molecule has 2 rings (SSSR count). The Kier molecular flexibility index (Phi) is 7.89. The van der Waals surface area contributed by atoms with Crippen molar-refractivity contribution in [1.82, 2.24) is 0 Å². The molecule has 1 heterocycles. The molecule has 2 aliphatic rings. The van der Waals surface area contributed by atoms with Gasteiger partial charge in [-0.2, -0.15) is 0 Å². The molecule has 0 aromatic carbocycles. The van der Waals surface area contributed by atoms with Gasteiger partial charge in [-0.15, -0.1) is 0 Å². The first-order chi connectivity index (χ1) is 13.9. The monoisotopic (exact) mass is 418 g/mol. The van der Waals surface area contributed by atoms with Crippen LogP contribution < -0.4 is 0 Å². The molecule has 0 amide bonds. The van der Waals surface area contributed by atoms with Crippen LogP contribution in [-0.4, -0.2) is 46.2 Å². The predicted octanol–water partition coefficient (Wildman–Crippen LogP) is 4.40. The van der Waals surface area contributed by atoms with E-state index in [4.69, 9.17) is 9.47 Å². The summed E-state index contributed by atoms with van der Waals surface area (Å²) in [7, 11) is 0. The van der Waals surface area contributed by atoms with E-state index in [1.165, 1.54) is 6.08 Å². The Morgan fingerprint density at radius 1 is 1.37 bits per heavy atom. The van der Waals surface area contributed by atoms with Crippen molar-refractivity contribution in [3.63, 3.8) is 0 Å². The third-order valence-electron chi connectivity index (χ3n) is 5.76. The molecule has 2 N–H and O–H groups in total. The zero-order valence-corrected chi connectivity index (χ0v) is 19.3. The van der Waals surface area contributed by atoms with Crippen LogP contribution in [0.25, 0.3) is 0 Å². The van der Waals surface area contributed by atoms with Gasteiger partial charge in [0.25, 0.3) is 0 Å². The van der Waals surface area contributed by atoms with E-state index in [1.807, 2.05) is 32.9 Å². The molecule has 0 radical (unpaired) electrons. The van der Waals surface area contributed by atoms with E-state index in [0.29, 0.717) is 6.42 Å². The highest BCUT2D eigenvalue weighted by Gasteiger charge is 2.58. The van der Waals surface area contributed by atoms with E-state index in [1.54, 1.807) is 19.9 Å². The molecule has 4 atom stereocenters. The van der Waals surface area contributed by atoms with Gasteiger partial charge in [-0.25, -0.2) is 4.79 Å². The number of aliphatic hydroxyl groups excluding tert-OH is 1. The van der Waals surface area contributed by atoms with Crippen molar-refractivity contribution in [3.8, 4) is 0 Å². The number of esters is 1. The summed E-state index contributed by atoms with van der Waals surface area (Å²) in [4.78, 5) is 12.3. The van der Waals surface area contributed by atoms with Gasteiger partial charge in [0.1, 0.15) is 5.60 Å². The fourth-order valence-electron chi connectivity index (χ4n) is 3.71. The van der Waals surface area contributed by atoms with Crippen LogP contribution >= 0.6 is 0 Å². The molecule has 168 valence electrons. The zero-order valence-electron chi connectivity index (χ0n) is 19.3. The Bertz CT molecular complexity index is 735. The highest BCUT2D eigenvalue weighted by molar-refractivity contribution is 5.83. The third-order valence-corrected chi connectivity index (χ3v) is 5.76. The largest absolute Gasteiger partial charge is 0.452 e. The molecule has 0 saturated carbocycles. The second kappa shape index (κ2) is 9.63. The lowest BCUT2D eigenvalue weighted by atomic mass is 9.81. The van der Waals surface area contributed by atoms with Crippen LogP contribution in [0.3, 0.4) is 0 Å². The quantitative estimate of drug-likeness (QED) is 0.289. The van der Waals surface area contributed by atoms with Crippen molar-refractivity contribution in [3.05, 3.63) is 47.6 Å². The summed E-state index contributed by atoms with van der Waals surface area (Å²) in [5, 5.41) is 19.8. The van der Waals surface area contributed by atoms with Gasteiger partial charge in [0, 0.05) is 6.08 Å². The van der Waals surface area contributed by atoms with Crippen molar-refractivity contribution >= 4 is 5.97 Å². The molecule has 0 unspecified atom stereocenters. The lowest BCUT2D eigenvalue weighted by Gasteiger charge is -2.26. The van der Waals surface area contributed by atoms with E-state index in [-0.39, 0.29) is 24.1 Å². The minimum absolute atomic E-state index is 0.0129. The van der Waals surface area contributed by atoms with E-state index in [2.05, 4.69) is 19.1 Å². The summed E-state index contributed by atoms with van der Waals surface area (Å²) in [5.74, 6) is -0.368. The van der Waals surface area contributed by atoms with Crippen LogP contribution in [0.1, 0.15) is 67.2 Å². The number of allylic oxidation sites excluding steroid dienone is 4. The molecule has 1 fully saturated rings. The fourth-order valence-corrected chi connectivity index (χ4v) is 3.71. The Hall–Kier alpha value is -1.69. The predicted molar refractivity (Wildman–Crippen MR) is 119 cm³/mol. The van der Waals surface area contributed by atoms with E-state index in [0.717, 1.165) is 30.4 Å².